The van der Waals surface area contributed by atoms with Gasteiger partial charge >= 0.3 is 5.97 Å². The SMILES string of the molecule is Cn1cc(Cl)cc1C(=O)NCCC(=O)O. The Bertz CT molecular complexity index is 387. The number of aromatic nitrogens is 1. The Morgan fingerprint density at radius 2 is 2.27 bits per heavy atom. The van der Waals surface area contributed by atoms with Gasteiger partial charge in [0.2, 0.25) is 0 Å². The second-order valence-corrected chi connectivity index (χ2v) is 3.49. The second-order valence-electron chi connectivity index (χ2n) is 3.05. The fraction of sp³-hybridized carbons (Fsp3) is 0.333. The maximum absolute atomic E-state index is 11.5. The molecule has 1 heterocycles. The Labute approximate surface area is 91.6 Å². The first-order valence-corrected chi connectivity index (χ1v) is 4.70. The first kappa shape index (κ1) is 11.6. The van der Waals surface area contributed by atoms with E-state index >= 15 is 0 Å². The van der Waals surface area contributed by atoms with Crippen LogP contribution in [-0.4, -0.2) is 28.1 Å². The summed E-state index contributed by atoms with van der Waals surface area (Å²) >= 11 is 5.70. The Balaban J connectivity index is 2.54. The molecule has 0 aromatic carbocycles. The van der Waals surface area contributed by atoms with E-state index in [9.17, 15) is 9.59 Å². The average molecular weight is 231 g/mol. The summed E-state index contributed by atoms with van der Waals surface area (Å²) in [7, 11) is 1.69. The highest BCUT2D eigenvalue weighted by atomic mass is 35.5. The van der Waals surface area contributed by atoms with Gasteiger partial charge in [0.05, 0.1) is 11.4 Å². The topological polar surface area (TPSA) is 71.3 Å². The van der Waals surface area contributed by atoms with Crippen molar-refractivity contribution in [2.45, 2.75) is 6.42 Å². The van der Waals surface area contributed by atoms with E-state index in [1.54, 1.807) is 17.8 Å². The number of carboxylic acid groups (broad SMARTS) is 1. The number of amides is 1. The van der Waals surface area contributed by atoms with E-state index < -0.39 is 5.97 Å². The molecule has 5 nitrogen and oxygen atoms in total. The van der Waals surface area contributed by atoms with Crippen LogP contribution in [0.2, 0.25) is 5.02 Å². The van der Waals surface area contributed by atoms with Gasteiger partial charge in [0.1, 0.15) is 5.69 Å². The Morgan fingerprint density at radius 1 is 1.60 bits per heavy atom. The quantitative estimate of drug-likeness (QED) is 0.807. The smallest absolute Gasteiger partial charge is 0.305 e. The molecule has 0 atom stereocenters. The number of nitrogens with one attached hydrogen (secondary N) is 1. The van der Waals surface area contributed by atoms with Crippen LogP contribution in [0.4, 0.5) is 0 Å². The minimum Gasteiger partial charge on any atom is -0.481 e. The van der Waals surface area contributed by atoms with Crippen LogP contribution in [0.5, 0.6) is 0 Å². The minimum atomic E-state index is -0.944. The molecule has 0 radical (unpaired) electrons. The van der Waals surface area contributed by atoms with Crippen LogP contribution < -0.4 is 5.32 Å². The summed E-state index contributed by atoms with van der Waals surface area (Å²) in [5, 5.41) is 11.3. The van der Waals surface area contributed by atoms with Crippen LogP contribution in [0.25, 0.3) is 0 Å². The molecule has 1 aromatic heterocycles. The molecule has 0 unspecified atom stereocenters. The third-order valence-corrected chi connectivity index (χ3v) is 2.04. The molecule has 0 saturated carbocycles. The summed E-state index contributed by atoms with van der Waals surface area (Å²) in [6, 6.07) is 1.53. The van der Waals surface area contributed by atoms with Gasteiger partial charge in [0.15, 0.2) is 0 Å². The molecule has 1 amide bonds. The lowest BCUT2D eigenvalue weighted by atomic mass is 10.3. The van der Waals surface area contributed by atoms with Crippen LogP contribution >= 0.6 is 11.6 Å². The number of carbonyl (C=O) groups is 2. The second kappa shape index (κ2) is 4.84. The number of rotatable bonds is 4. The predicted octanol–water partition coefficient (Wildman–Crippen LogP) is 0.883. The molecule has 0 aliphatic heterocycles. The molecular weight excluding hydrogens is 220 g/mol. The standard InChI is InChI=1S/C9H11ClN2O3/c1-12-5-6(10)4-7(12)9(15)11-3-2-8(13)14/h4-5H,2-3H2,1H3,(H,11,15)(H,13,14). The molecule has 1 rings (SSSR count). The fourth-order valence-electron chi connectivity index (χ4n) is 1.12. The molecule has 1 aromatic rings. The molecule has 0 aliphatic carbocycles. The highest BCUT2D eigenvalue weighted by molar-refractivity contribution is 6.31. The van der Waals surface area contributed by atoms with Crippen LogP contribution in [-0.2, 0) is 11.8 Å². The van der Waals surface area contributed by atoms with Crippen molar-refractivity contribution in [1.82, 2.24) is 9.88 Å². The van der Waals surface area contributed by atoms with E-state index in [-0.39, 0.29) is 18.9 Å². The summed E-state index contributed by atoms with van der Waals surface area (Å²) in [4.78, 5) is 21.7. The molecule has 0 bridgehead atoms. The van der Waals surface area contributed by atoms with Crippen LogP contribution in [0.1, 0.15) is 16.9 Å². The first-order valence-electron chi connectivity index (χ1n) is 4.32. The minimum absolute atomic E-state index is 0.0934. The first-order chi connectivity index (χ1) is 7.00. The third-order valence-electron chi connectivity index (χ3n) is 1.83. The average Bonchev–Trinajstić information content (AvgIpc) is 2.44. The number of hydrogen-bond donors (Lipinski definition) is 2. The molecule has 15 heavy (non-hydrogen) atoms. The third kappa shape index (κ3) is 3.28. The van der Waals surface area contributed by atoms with Gasteiger partial charge < -0.3 is 15.0 Å². The zero-order valence-electron chi connectivity index (χ0n) is 8.16. The van der Waals surface area contributed by atoms with Gasteiger partial charge in [-0.15, -0.1) is 0 Å². The normalized spacial score (nSPS) is 10.0. The van der Waals surface area contributed by atoms with Gasteiger partial charge in [-0.25, -0.2) is 0 Å². The van der Waals surface area contributed by atoms with Crippen molar-refractivity contribution in [3.63, 3.8) is 0 Å². The van der Waals surface area contributed by atoms with Crippen LogP contribution in [0.3, 0.4) is 0 Å². The predicted molar refractivity (Wildman–Crippen MR) is 55.0 cm³/mol. The lowest BCUT2D eigenvalue weighted by Crippen LogP contribution is -2.27. The van der Waals surface area contributed by atoms with Crippen molar-refractivity contribution in [1.29, 1.82) is 0 Å². The van der Waals surface area contributed by atoms with Gasteiger partial charge in [-0.1, -0.05) is 11.6 Å². The van der Waals surface area contributed by atoms with E-state index in [0.717, 1.165) is 0 Å². The number of halogens is 1. The van der Waals surface area contributed by atoms with Crippen molar-refractivity contribution in [2.75, 3.05) is 6.54 Å². The number of aliphatic carboxylic acids is 1. The maximum Gasteiger partial charge on any atom is 0.305 e. The van der Waals surface area contributed by atoms with Crippen molar-refractivity contribution in [2.24, 2.45) is 7.05 Å². The van der Waals surface area contributed by atoms with Crippen molar-refractivity contribution >= 4 is 23.5 Å². The number of aryl methyl sites for hydroxylation is 1. The van der Waals surface area contributed by atoms with Crippen molar-refractivity contribution < 1.29 is 14.7 Å². The van der Waals surface area contributed by atoms with E-state index in [0.29, 0.717) is 10.7 Å². The largest absolute Gasteiger partial charge is 0.481 e. The molecule has 82 valence electrons. The number of carbonyl (C=O) groups excluding carboxylic acids is 1. The van der Waals surface area contributed by atoms with Crippen LogP contribution in [0.15, 0.2) is 12.3 Å². The van der Waals surface area contributed by atoms with Gasteiger partial charge in [-0.3, -0.25) is 9.59 Å². The van der Waals surface area contributed by atoms with Crippen molar-refractivity contribution in [3.05, 3.63) is 23.0 Å². The van der Waals surface area contributed by atoms with Crippen molar-refractivity contribution in [3.8, 4) is 0 Å². The fourth-order valence-corrected chi connectivity index (χ4v) is 1.37. The van der Waals surface area contributed by atoms with Gasteiger partial charge in [-0.2, -0.15) is 0 Å². The molecule has 0 saturated heterocycles. The zero-order chi connectivity index (χ0) is 11.4. The van der Waals surface area contributed by atoms with E-state index in [1.165, 1.54) is 6.07 Å². The highest BCUT2D eigenvalue weighted by Crippen LogP contribution is 2.12. The summed E-state index contributed by atoms with van der Waals surface area (Å²) in [5.74, 6) is -1.27. The summed E-state index contributed by atoms with van der Waals surface area (Å²) in [6.45, 7) is 0.108. The van der Waals surface area contributed by atoms with Gasteiger partial charge in [0.25, 0.3) is 5.91 Å². The molecule has 0 fully saturated rings. The summed E-state index contributed by atoms with van der Waals surface area (Å²) in [6.07, 6.45) is 1.51. The number of carboxylic acids is 1. The molecule has 6 heteroatoms. The number of nitrogens with zero attached hydrogens (tertiary/aromatic N) is 1. The summed E-state index contributed by atoms with van der Waals surface area (Å²) in [5.41, 5.74) is 0.408. The highest BCUT2D eigenvalue weighted by Gasteiger charge is 2.10. The van der Waals surface area contributed by atoms with E-state index in [2.05, 4.69) is 5.32 Å². The Hall–Kier alpha value is -1.49. The molecular formula is C9H11ClN2O3. The monoisotopic (exact) mass is 230 g/mol. The van der Waals surface area contributed by atoms with E-state index in [4.69, 9.17) is 16.7 Å². The lowest BCUT2D eigenvalue weighted by molar-refractivity contribution is -0.136. The van der Waals surface area contributed by atoms with Gasteiger partial charge in [-0.05, 0) is 6.07 Å². The molecule has 0 spiro atoms. The Morgan fingerprint density at radius 3 is 2.73 bits per heavy atom. The number of hydrogen-bond acceptors (Lipinski definition) is 2. The summed E-state index contributed by atoms with van der Waals surface area (Å²) < 4.78 is 1.58. The van der Waals surface area contributed by atoms with E-state index in [1.807, 2.05) is 0 Å². The van der Waals surface area contributed by atoms with Crippen LogP contribution in [0, 0.1) is 0 Å². The maximum atomic E-state index is 11.5. The Kier molecular flexibility index (Phi) is 3.74. The lowest BCUT2D eigenvalue weighted by Gasteiger charge is -2.03. The zero-order valence-corrected chi connectivity index (χ0v) is 8.91. The van der Waals surface area contributed by atoms with Gasteiger partial charge in [0, 0.05) is 19.8 Å². The molecule has 2 N–H and O–H groups in total. The molecule has 0 aliphatic rings.